The van der Waals surface area contributed by atoms with Gasteiger partial charge in [-0.2, -0.15) is 4.98 Å². The van der Waals surface area contributed by atoms with Crippen molar-refractivity contribution in [3.05, 3.63) is 46.3 Å². The molecule has 2 heterocycles. The summed E-state index contributed by atoms with van der Waals surface area (Å²) in [4.78, 5) is 10.5. The maximum absolute atomic E-state index is 13.6. The molecule has 0 saturated carbocycles. The largest absolute Gasteiger partial charge is 0.352 e. The molecule has 0 aliphatic carbocycles. The van der Waals surface area contributed by atoms with Crippen molar-refractivity contribution in [2.75, 3.05) is 11.9 Å². The number of hydrogen-bond acceptors (Lipinski definition) is 5. The van der Waals surface area contributed by atoms with E-state index >= 15 is 0 Å². The number of aryl methyl sites for hydroxylation is 1. The molecule has 21 heavy (non-hydrogen) atoms. The van der Waals surface area contributed by atoms with E-state index in [1.165, 1.54) is 6.07 Å². The van der Waals surface area contributed by atoms with Crippen LogP contribution in [0, 0.1) is 12.7 Å². The van der Waals surface area contributed by atoms with Crippen LogP contribution in [0.5, 0.6) is 0 Å². The quantitative estimate of drug-likeness (QED) is 0.723. The Morgan fingerprint density at radius 3 is 2.81 bits per heavy atom. The van der Waals surface area contributed by atoms with E-state index in [-0.39, 0.29) is 5.82 Å². The maximum atomic E-state index is 13.6. The van der Waals surface area contributed by atoms with Crippen molar-refractivity contribution in [3.63, 3.8) is 0 Å². The molecule has 0 bridgehead atoms. The summed E-state index contributed by atoms with van der Waals surface area (Å²) in [5, 5.41) is 4.72. The Labute approximate surface area is 128 Å². The highest BCUT2D eigenvalue weighted by atomic mass is 79.9. The minimum Gasteiger partial charge on any atom is -0.352 e. The second kappa shape index (κ2) is 5.40. The van der Waals surface area contributed by atoms with Gasteiger partial charge >= 0.3 is 0 Å². The Kier molecular flexibility index (Phi) is 3.59. The molecule has 0 atom stereocenters. The third kappa shape index (κ3) is 2.87. The summed E-state index contributed by atoms with van der Waals surface area (Å²) in [5.74, 6) is 1.49. The van der Waals surface area contributed by atoms with Crippen molar-refractivity contribution in [2.45, 2.75) is 13.5 Å². The zero-order valence-corrected chi connectivity index (χ0v) is 13.1. The van der Waals surface area contributed by atoms with E-state index in [4.69, 9.17) is 4.52 Å². The molecule has 108 valence electrons. The molecule has 0 saturated heterocycles. The maximum Gasteiger partial charge on any atom is 0.223 e. The topological polar surface area (TPSA) is 55.1 Å². The zero-order valence-electron chi connectivity index (χ0n) is 11.5. The van der Waals surface area contributed by atoms with E-state index in [2.05, 4.69) is 31.1 Å². The first-order valence-corrected chi connectivity index (χ1v) is 7.08. The molecule has 0 N–H and O–H groups in total. The summed E-state index contributed by atoms with van der Waals surface area (Å²) < 4.78 is 19.0. The van der Waals surface area contributed by atoms with Crippen LogP contribution in [0.3, 0.4) is 0 Å². The molecular weight excluding hydrogens is 339 g/mol. The van der Waals surface area contributed by atoms with E-state index in [0.29, 0.717) is 34.1 Å². The van der Waals surface area contributed by atoms with Crippen LogP contribution < -0.4 is 4.90 Å². The summed E-state index contributed by atoms with van der Waals surface area (Å²) in [7, 11) is 1.87. The van der Waals surface area contributed by atoms with Crippen molar-refractivity contribution < 1.29 is 8.91 Å². The predicted molar refractivity (Wildman–Crippen MR) is 80.5 cm³/mol. The Morgan fingerprint density at radius 1 is 1.29 bits per heavy atom. The number of hydrogen-bond donors (Lipinski definition) is 0. The van der Waals surface area contributed by atoms with Crippen LogP contribution >= 0.6 is 15.9 Å². The average molecular weight is 351 g/mol. The summed E-state index contributed by atoms with van der Waals surface area (Å²) >= 11 is 3.17. The minimum absolute atomic E-state index is 0.330. The van der Waals surface area contributed by atoms with Crippen LogP contribution in [-0.2, 0) is 6.54 Å². The average Bonchev–Trinajstić information content (AvgIpc) is 2.85. The molecule has 0 fully saturated rings. The second-order valence-electron chi connectivity index (χ2n) is 4.71. The molecule has 0 radical (unpaired) electrons. The van der Waals surface area contributed by atoms with Gasteiger partial charge in [0.1, 0.15) is 11.6 Å². The van der Waals surface area contributed by atoms with Gasteiger partial charge in [-0.05, 0) is 34.1 Å². The van der Waals surface area contributed by atoms with Crippen LogP contribution in [0.25, 0.3) is 10.9 Å². The van der Waals surface area contributed by atoms with E-state index in [1.807, 2.05) is 24.1 Å². The first-order chi connectivity index (χ1) is 10.0. The summed E-state index contributed by atoms with van der Waals surface area (Å²) in [5.41, 5.74) is 0.601. The third-order valence-corrected chi connectivity index (χ3v) is 3.66. The molecule has 0 unspecified atom stereocenters. The highest BCUT2D eigenvalue weighted by Crippen LogP contribution is 2.24. The van der Waals surface area contributed by atoms with Gasteiger partial charge in [-0.25, -0.2) is 9.37 Å². The van der Waals surface area contributed by atoms with E-state index < -0.39 is 0 Å². The van der Waals surface area contributed by atoms with Gasteiger partial charge in [0, 0.05) is 25.4 Å². The highest BCUT2D eigenvalue weighted by molar-refractivity contribution is 9.10. The van der Waals surface area contributed by atoms with Gasteiger partial charge < -0.3 is 9.42 Å². The summed E-state index contributed by atoms with van der Waals surface area (Å²) in [6.45, 7) is 2.21. The van der Waals surface area contributed by atoms with Crippen LogP contribution in [0.15, 0.2) is 33.3 Å². The third-order valence-electron chi connectivity index (χ3n) is 3.06. The lowest BCUT2D eigenvalue weighted by atomic mass is 10.2. The van der Waals surface area contributed by atoms with E-state index in [1.54, 1.807) is 13.0 Å². The first-order valence-electron chi connectivity index (χ1n) is 6.29. The van der Waals surface area contributed by atoms with Crippen LogP contribution in [-0.4, -0.2) is 22.2 Å². The first kappa shape index (κ1) is 13.9. The molecular formula is C14H12BrFN4O. The number of anilines is 1. The van der Waals surface area contributed by atoms with Crippen molar-refractivity contribution in [1.82, 2.24) is 15.1 Å². The van der Waals surface area contributed by atoms with Crippen LogP contribution in [0.1, 0.15) is 11.7 Å². The molecule has 7 heteroatoms. The molecule has 0 amide bonds. The molecule has 2 aromatic heterocycles. The van der Waals surface area contributed by atoms with Gasteiger partial charge in [-0.15, -0.1) is 0 Å². The number of pyridine rings is 1. The Bertz CT molecular complexity index is 805. The van der Waals surface area contributed by atoms with E-state index in [0.717, 1.165) is 5.39 Å². The Morgan fingerprint density at radius 2 is 2.10 bits per heavy atom. The van der Waals surface area contributed by atoms with Gasteiger partial charge in [0.25, 0.3) is 0 Å². The number of fused-ring (bicyclic) bond motifs is 1. The Hall–Kier alpha value is -2.02. The fourth-order valence-corrected chi connectivity index (χ4v) is 2.38. The fraction of sp³-hybridized carbons (Fsp3) is 0.214. The molecule has 1 aromatic carbocycles. The molecule has 5 nitrogen and oxygen atoms in total. The number of halogens is 2. The summed E-state index contributed by atoms with van der Waals surface area (Å²) in [6, 6.07) is 6.90. The number of nitrogens with zero attached hydrogens (tertiary/aromatic N) is 4. The smallest absolute Gasteiger partial charge is 0.223 e. The number of benzene rings is 1. The lowest BCUT2D eigenvalue weighted by molar-refractivity contribution is 0.387. The van der Waals surface area contributed by atoms with Crippen molar-refractivity contribution in [3.8, 4) is 0 Å². The van der Waals surface area contributed by atoms with Crippen LogP contribution in [0.4, 0.5) is 10.2 Å². The molecule has 3 aromatic rings. The predicted octanol–water partition coefficient (Wildman–Crippen LogP) is 3.46. The van der Waals surface area contributed by atoms with Gasteiger partial charge in [0.05, 0.1) is 16.5 Å². The van der Waals surface area contributed by atoms with Gasteiger partial charge in [-0.3, -0.25) is 0 Å². The molecule has 0 spiro atoms. The normalized spacial score (nSPS) is 11.0. The Balaban J connectivity index is 1.91. The lowest BCUT2D eigenvalue weighted by Gasteiger charge is -2.16. The number of rotatable bonds is 3. The number of aromatic nitrogens is 3. The molecule has 0 aliphatic heterocycles. The SMILES string of the molecule is Cc1nc(CN(C)c2ccc3cc(Br)c(F)cc3n2)no1. The van der Waals surface area contributed by atoms with Crippen molar-refractivity contribution >= 4 is 32.7 Å². The van der Waals surface area contributed by atoms with Gasteiger partial charge in [0.2, 0.25) is 5.89 Å². The second-order valence-corrected chi connectivity index (χ2v) is 5.57. The fourth-order valence-electron chi connectivity index (χ4n) is 2.02. The minimum atomic E-state index is -0.330. The molecule has 3 rings (SSSR count). The van der Waals surface area contributed by atoms with Gasteiger partial charge in [0.15, 0.2) is 5.82 Å². The zero-order chi connectivity index (χ0) is 15.0. The van der Waals surface area contributed by atoms with Gasteiger partial charge in [-0.1, -0.05) is 5.16 Å². The van der Waals surface area contributed by atoms with Crippen molar-refractivity contribution in [2.24, 2.45) is 0 Å². The monoisotopic (exact) mass is 350 g/mol. The summed E-state index contributed by atoms with van der Waals surface area (Å²) in [6.07, 6.45) is 0. The highest BCUT2D eigenvalue weighted by Gasteiger charge is 2.10. The lowest BCUT2D eigenvalue weighted by Crippen LogP contribution is -2.18. The molecule has 0 aliphatic rings. The van der Waals surface area contributed by atoms with Crippen molar-refractivity contribution in [1.29, 1.82) is 0 Å². The standard InChI is InChI=1S/C14H12BrFN4O/c1-8-17-13(19-21-8)7-20(2)14-4-3-9-5-10(15)11(16)6-12(9)18-14/h3-6H,7H2,1-2H3. The van der Waals surface area contributed by atoms with E-state index in [9.17, 15) is 4.39 Å². The van der Waals surface area contributed by atoms with Crippen LogP contribution in [0.2, 0.25) is 0 Å².